The van der Waals surface area contributed by atoms with Crippen LogP contribution in [0.1, 0.15) is 218 Å². The van der Waals surface area contributed by atoms with Crippen LogP contribution >= 0.6 is 0 Å². The summed E-state index contributed by atoms with van der Waals surface area (Å²) >= 11 is 0. The van der Waals surface area contributed by atoms with Gasteiger partial charge in [-0.15, -0.1) is 0 Å². The van der Waals surface area contributed by atoms with Crippen molar-refractivity contribution in [1.29, 1.82) is 5.26 Å². The maximum absolute atomic E-state index is 9.63. The molecule has 0 aliphatic carbocycles. The number of pyridine rings is 4. The van der Waals surface area contributed by atoms with Crippen molar-refractivity contribution in [2.45, 2.75) is 161 Å². The summed E-state index contributed by atoms with van der Waals surface area (Å²) in [6.45, 7) is 17.6. The lowest BCUT2D eigenvalue weighted by Gasteiger charge is -2.14. The number of benzene rings is 8. The third-order valence-electron chi connectivity index (χ3n) is 21.1. The third-order valence-corrected chi connectivity index (χ3v) is 21.1. The van der Waals surface area contributed by atoms with Crippen LogP contribution in [-0.2, 0) is 28.2 Å². The fraction of sp³-hybridized carbons (Fsp3) is 0.280. The zero-order valence-corrected chi connectivity index (χ0v) is 64.8. The van der Waals surface area contributed by atoms with E-state index in [1.54, 1.807) is 141 Å². The van der Waals surface area contributed by atoms with Crippen molar-refractivity contribution >= 4 is 105 Å². The molecule has 16 aromatic rings. The zero-order chi connectivity index (χ0) is 108. The van der Waals surface area contributed by atoms with E-state index in [4.69, 9.17) is 81.2 Å². The number of para-hydroxylation sites is 1. The van der Waals surface area contributed by atoms with Crippen LogP contribution in [0.3, 0.4) is 0 Å². The molecule has 0 amide bonds. The number of aryl methyl sites for hydroxylation is 4. The molecule has 0 bridgehead atoms. The number of aromatic nitrogens is 4. The van der Waals surface area contributed by atoms with E-state index in [9.17, 15) is 5.26 Å². The second-order valence-corrected chi connectivity index (χ2v) is 28.1. The Kier molecular flexibility index (Phi) is 12.7. The summed E-state index contributed by atoms with van der Waals surface area (Å²) in [7, 11) is 6.47. The van der Waals surface area contributed by atoms with Crippen LogP contribution in [0.4, 0.5) is 17.1 Å². The highest BCUT2D eigenvalue weighted by molar-refractivity contribution is 6.15. The molecule has 8 aromatic carbocycles. The Labute approximate surface area is 703 Å². The molecule has 0 aliphatic heterocycles. The van der Waals surface area contributed by atoms with Crippen molar-refractivity contribution in [3.63, 3.8) is 0 Å². The molecule has 0 fully saturated rings. The first-order valence-corrected chi connectivity index (χ1v) is 35.6. The normalized spacial score (nSPS) is 18.7. The molecule has 560 valence electrons. The van der Waals surface area contributed by atoms with E-state index < -0.39 is 78.4 Å². The van der Waals surface area contributed by atoms with Gasteiger partial charge in [0.2, 0.25) is 28.5 Å². The van der Waals surface area contributed by atoms with Crippen LogP contribution in [0.25, 0.3) is 147 Å². The minimum absolute atomic E-state index is 0.226. The fourth-order valence-corrected chi connectivity index (χ4v) is 14.5. The van der Waals surface area contributed by atoms with Crippen LogP contribution in [-0.4, -0.2) is 0 Å². The Hall–Kier alpha value is -12.5. The molecule has 112 heavy (non-hydrogen) atoms. The maximum Gasteiger partial charge on any atom is 0.229 e. The fourth-order valence-electron chi connectivity index (χ4n) is 14.5. The highest BCUT2D eigenvalue weighted by atomic mass is 16.3. The number of fused-ring (bicyclic) bond motifs is 12. The van der Waals surface area contributed by atoms with Gasteiger partial charge in [-0.25, -0.2) is 14.5 Å². The Morgan fingerprint density at radius 2 is 0.741 bits per heavy atom. The van der Waals surface area contributed by atoms with Gasteiger partial charge < -0.3 is 17.7 Å². The summed E-state index contributed by atoms with van der Waals surface area (Å²) in [6, 6.07) is 36.1. The number of hydrogen-bond acceptors (Lipinski definition) is 5. The lowest BCUT2D eigenvalue weighted by atomic mass is 9.93. The molecular weight excluding hydrogens is 1380 g/mol. The first-order valence-electron chi connectivity index (χ1n) is 51.6. The number of hydrogen-bond donors (Lipinski definition) is 0. The van der Waals surface area contributed by atoms with Gasteiger partial charge in [0.25, 0.3) is 0 Å². The third kappa shape index (κ3) is 13.3. The molecule has 0 spiro atoms. The maximum atomic E-state index is 9.63. The topological polar surface area (TPSA) is 105 Å². The van der Waals surface area contributed by atoms with Crippen LogP contribution in [0.5, 0.6) is 0 Å². The quantitative estimate of drug-likeness (QED) is 0.111. The van der Waals surface area contributed by atoms with Gasteiger partial charge in [-0.3, -0.25) is 0 Å². The SMILES string of the molecule is [2H]c1c(C([2H])(C)C([2H])([2H])[2H])c(C([2H])([2H])[2H])c(C)[n+](C)c1-c1c(C)ccc2c1oc1c([N+]#[C-])cccc12.[2H]c1c(C([2H])(C)C([2H])([2H])[2H])c(C([2H])([2H])[2H])c(C)[n+](C)c1-c1c(C)ccc2c1oc1cc([N+]#[C-])ccc12.[2H]c1c(C([2H])(C)C([2H])([2H])[2H])c(C([2H])([2H])[2H])c(C)[n+](C)c1-c1c(C)ccc2c1oc1ccc([N+]#[C-])cc12.[2H]c1c(C([2H])(C)C([2H])([2H])[2H])c(C([2H])([2H])[2H])c(C)[n+](C)c1-c1c(C)ccc2c1oc1cccc(C#N)c12. The van der Waals surface area contributed by atoms with Crippen molar-refractivity contribution < 1.29 is 79.8 Å². The van der Waals surface area contributed by atoms with Gasteiger partial charge in [0.15, 0.2) is 34.2 Å². The summed E-state index contributed by atoms with van der Waals surface area (Å²) in [4.78, 5) is 10.5. The molecule has 0 saturated heterocycles. The van der Waals surface area contributed by atoms with Gasteiger partial charge in [0.05, 0.1) is 59.1 Å². The van der Waals surface area contributed by atoms with Gasteiger partial charge in [0.1, 0.15) is 72.9 Å². The Morgan fingerprint density at radius 1 is 0.384 bits per heavy atom. The first kappa shape index (κ1) is 46.9. The van der Waals surface area contributed by atoms with Crippen LogP contribution in [0, 0.1) is 114 Å². The molecule has 4 atom stereocenters. The molecule has 0 aliphatic rings. The number of nitrogens with zero attached hydrogens (tertiary/aromatic N) is 8. The standard InChI is InChI=1S/4C25H25N2O/c1-14(2)21-13-22(27(7)17(5)16(21)4)24-15(3)8-10-20-19-11-9-18(26-6)12-23(19)28-25(20)24;1-14(2)20-13-22(27(7)17(5)16(20)4)24-15(3)8-10-19-21-12-18(26-6)9-11-23(21)28-25(19)24;1-14(2)20-13-22(27(7)17(5)16(20)4)23-15(3)11-12-19-18-9-8-10-21(26-6)24(18)28-25(19)23;1-14(2)20-12-21(27(6)17(5)16(20)4)23-15(3)10-11-19-24-18(13-26)8-7-9-22(24)28-25(19)23/h3*8-14H,1-5,7H3;7-12,14H,1-6H3/q4*+1/i3*1D3,4D3,13D,14D;1D3,4D3,12D,14D. The lowest BCUT2D eigenvalue weighted by Crippen LogP contribution is -2.36. The monoisotopic (exact) mass is 1510 g/mol. The zero-order valence-electron chi connectivity index (χ0n) is 96.8. The minimum Gasteiger partial charge on any atom is -0.466 e. The second kappa shape index (κ2) is 30.4. The van der Waals surface area contributed by atoms with Crippen molar-refractivity contribution in [2.75, 3.05) is 0 Å². The molecule has 16 rings (SSSR count). The van der Waals surface area contributed by atoms with E-state index >= 15 is 0 Å². The van der Waals surface area contributed by atoms with Crippen LogP contribution in [0.2, 0.25) is 0 Å². The summed E-state index contributed by atoms with van der Waals surface area (Å²) in [5.41, 5.74) is 9.28. The Bertz CT molecular complexity index is 8010. The molecule has 0 saturated carbocycles. The summed E-state index contributed by atoms with van der Waals surface area (Å²) in [6.07, 6.45) is 0. The lowest BCUT2D eigenvalue weighted by molar-refractivity contribution is -0.667. The van der Waals surface area contributed by atoms with E-state index in [0.717, 1.165) is 60.4 Å². The van der Waals surface area contributed by atoms with Gasteiger partial charge in [-0.2, -0.15) is 23.5 Å². The molecule has 4 unspecified atom stereocenters. The van der Waals surface area contributed by atoms with Crippen molar-refractivity contribution in [3.8, 4) is 51.1 Å². The highest BCUT2D eigenvalue weighted by Crippen LogP contribution is 2.45. The van der Waals surface area contributed by atoms with Gasteiger partial charge in [-0.05, 0) is 154 Å². The summed E-state index contributed by atoms with van der Waals surface area (Å²) < 4.78 is 296. The molecule has 0 radical (unpaired) electrons. The molecule has 0 N–H and O–H groups in total. The van der Waals surface area contributed by atoms with Gasteiger partial charge in [-0.1, -0.05) is 146 Å². The Balaban J connectivity index is 0.000000161. The largest absolute Gasteiger partial charge is 0.466 e. The molecular formula is C100H100N8O4+4. The number of furan rings is 4. The molecule has 8 aromatic heterocycles. The number of nitriles is 1. The predicted octanol–water partition coefficient (Wildman–Crippen LogP) is 26.0. The summed E-state index contributed by atoms with van der Waals surface area (Å²) in [5, 5.41) is 15.3. The minimum atomic E-state index is -2.89. The van der Waals surface area contributed by atoms with E-state index in [2.05, 4.69) is 20.6 Å². The molecule has 8 heterocycles. The van der Waals surface area contributed by atoms with Crippen molar-refractivity contribution in [2.24, 2.45) is 28.2 Å². The van der Waals surface area contributed by atoms with Gasteiger partial charge >= 0.3 is 0 Å². The Morgan fingerprint density at radius 3 is 1.16 bits per heavy atom. The first-order chi connectivity index (χ1) is 66.1. The van der Waals surface area contributed by atoms with Crippen LogP contribution in [0.15, 0.2) is 163 Å². The van der Waals surface area contributed by atoms with Crippen molar-refractivity contribution in [3.05, 3.63) is 275 Å². The average molecular weight is 1510 g/mol. The summed E-state index contributed by atoms with van der Waals surface area (Å²) in [5.74, 6) is -9.45. The highest BCUT2D eigenvalue weighted by Gasteiger charge is 2.31. The van der Waals surface area contributed by atoms with E-state index in [1.807, 2.05) is 82.3 Å². The van der Waals surface area contributed by atoms with E-state index in [-0.39, 0.29) is 114 Å². The molecule has 12 heteroatoms. The van der Waals surface area contributed by atoms with Crippen molar-refractivity contribution in [1.82, 2.24) is 0 Å². The molecule has 12 nitrogen and oxygen atoms in total. The van der Waals surface area contributed by atoms with Gasteiger partial charge in [0, 0.05) is 156 Å². The average Bonchev–Trinajstić information content (AvgIpc) is 1.43. The van der Waals surface area contributed by atoms with E-state index in [0.29, 0.717) is 122 Å². The predicted molar refractivity (Wildman–Crippen MR) is 458 cm³/mol. The smallest absolute Gasteiger partial charge is 0.229 e. The second-order valence-electron chi connectivity index (χ2n) is 28.1. The number of rotatable bonds is 8. The van der Waals surface area contributed by atoms with E-state index in [1.165, 1.54) is 0 Å². The van der Waals surface area contributed by atoms with Crippen LogP contribution < -0.4 is 18.3 Å².